The molecule has 0 spiro atoms. The lowest BCUT2D eigenvalue weighted by Crippen LogP contribution is -3.02. The van der Waals surface area contributed by atoms with E-state index in [9.17, 15) is 0 Å². The van der Waals surface area contributed by atoms with Gasteiger partial charge in [0.1, 0.15) is 0 Å². The van der Waals surface area contributed by atoms with Crippen LogP contribution in [-0.2, 0) is 4.57 Å². The third-order valence-corrected chi connectivity index (χ3v) is 0. The van der Waals surface area contributed by atoms with Crippen molar-refractivity contribution in [3.63, 3.8) is 0 Å². The monoisotopic (exact) mass is 124 g/mol. The smallest absolute Gasteiger partial charge is 0.324 e. The van der Waals surface area contributed by atoms with Gasteiger partial charge in [0.2, 0.25) is 0 Å². The predicted octanol–water partition coefficient (Wildman–Crippen LogP) is -1.05. The average molecular weight is 124 g/mol. The van der Waals surface area contributed by atoms with Crippen LogP contribution in [0.5, 0.6) is 0 Å². The standard InChI is InChI=1S/C3H9N.HO2P/c1-4(2)3;1-3-2/h1-3H3;(H,1,2)/p+1. The van der Waals surface area contributed by atoms with Gasteiger partial charge in [-0.05, 0) is 0 Å². The number of nitrogens with one attached hydrogen (secondary N) is 1. The molecular weight excluding hydrogens is 113 g/mol. The van der Waals surface area contributed by atoms with Crippen molar-refractivity contribution in [2.45, 2.75) is 0 Å². The van der Waals surface area contributed by atoms with E-state index in [1.807, 2.05) is 0 Å². The first-order chi connectivity index (χ1) is 3.15. The fraction of sp³-hybridized carbons (Fsp3) is 1.00. The zero-order valence-electron chi connectivity index (χ0n) is 4.80. The van der Waals surface area contributed by atoms with Crippen molar-refractivity contribution in [1.29, 1.82) is 0 Å². The lowest BCUT2D eigenvalue weighted by molar-refractivity contribution is -0.836. The molecule has 0 radical (unpaired) electrons. The van der Waals surface area contributed by atoms with Crippen LogP contribution in [0.1, 0.15) is 0 Å². The van der Waals surface area contributed by atoms with Crippen LogP contribution in [0.4, 0.5) is 0 Å². The highest BCUT2D eigenvalue weighted by atomic mass is 31.1. The van der Waals surface area contributed by atoms with E-state index in [-0.39, 0.29) is 0 Å². The summed E-state index contributed by atoms with van der Waals surface area (Å²) < 4.78 is 8.46. The normalized spacial score (nSPS) is 8.14. The maximum atomic E-state index is 8.46. The summed E-state index contributed by atoms with van der Waals surface area (Å²) in [6, 6.07) is 0. The number of hydrogen-bond acceptors (Lipinski definition) is 1. The molecule has 3 nitrogen and oxygen atoms in total. The van der Waals surface area contributed by atoms with Gasteiger partial charge in [-0.15, -0.1) is 0 Å². The first kappa shape index (κ1) is 10.1. The number of hydrogen-bond donors (Lipinski definition) is 2. The van der Waals surface area contributed by atoms with Crippen molar-refractivity contribution in [3.05, 3.63) is 0 Å². The molecule has 0 aromatic rings. The van der Waals surface area contributed by atoms with Crippen LogP contribution in [0, 0.1) is 0 Å². The summed E-state index contributed by atoms with van der Waals surface area (Å²) in [7, 11) is 5.42. The molecule has 0 aliphatic rings. The van der Waals surface area contributed by atoms with Gasteiger partial charge in [0.05, 0.1) is 21.1 Å². The van der Waals surface area contributed by atoms with E-state index >= 15 is 0 Å². The first-order valence-corrected chi connectivity index (χ1v) is 2.65. The quantitative estimate of drug-likeness (QED) is 0.404. The molecule has 0 saturated heterocycles. The fourth-order valence-electron chi connectivity index (χ4n) is 0. The Morgan fingerprint density at radius 2 is 1.43 bits per heavy atom. The second-order valence-electron chi connectivity index (χ2n) is 1.58. The van der Waals surface area contributed by atoms with E-state index in [2.05, 4.69) is 21.1 Å². The second kappa shape index (κ2) is 9.39. The molecule has 0 aliphatic heterocycles. The van der Waals surface area contributed by atoms with Gasteiger partial charge in [-0.1, -0.05) is 0 Å². The number of rotatable bonds is 0. The molecule has 0 aromatic heterocycles. The molecule has 0 amide bonds. The predicted molar refractivity (Wildman–Crippen MR) is 28.6 cm³/mol. The van der Waals surface area contributed by atoms with Crippen LogP contribution in [0.15, 0.2) is 0 Å². The maximum absolute atomic E-state index is 8.46. The average Bonchev–Trinajstić information content (AvgIpc) is 1.33. The molecule has 0 bridgehead atoms. The Bertz CT molecular complexity index is 37.2. The Labute approximate surface area is 45.2 Å². The van der Waals surface area contributed by atoms with Crippen molar-refractivity contribution in [3.8, 4) is 0 Å². The summed E-state index contributed by atoms with van der Waals surface area (Å²) in [6.45, 7) is 0. The Morgan fingerprint density at radius 3 is 1.43 bits per heavy atom. The largest absolute Gasteiger partial charge is 0.342 e. The van der Waals surface area contributed by atoms with Gasteiger partial charge in [-0.2, -0.15) is 0 Å². The molecule has 0 saturated carbocycles. The summed E-state index contributed by atoms with van der Waals surface area (Å²) in [5.41, 5.74) is 0. The molecule has 0 heterocycles. The fourth-order valence-corrected chi connectivity index (χ4v) is 0. The van der Waals surface area contributed by atoms with Crippen molar-refractivity contribution in [2.24, 2.45) is 0 Å². The SMILES string of the molecule is C[NH+](C)C.O=PO. The van der Waals surface area contributed by atoms with Crippen molar-refractivity contribution in [1.82, 2.24) is 0 Å². The minimum atomic E-state index is -0.833. The van der Waals surface area contributed by atoms with E-state index in [1.54, 1.807) is 0 Å². The van der Waals surface area contributed by atoms with Gasteiger partial charge in [-0.25, -0.2) is 4.57 Å². The van der Waals surface area contributed by atoms with Crippen LogP contribution in [0.3, 0.4) is 0 Å². The first-order valence-electron chi connectivity index (χ1n) is 1.88. The highest BCUT2D eigenvalue weighted by Crippen LogP contribution is 1.66. The lowest BCUT2D eigenvalue weighted by atomic mass is 11.0. The molecule has 44 valence electrons. The second-order valence-corrected chi connectivity index (χ2v) is 1.74. The molecule has 0 unspecified atom stereocenters. The van der Waals surface area contributed by atoms with Gasteiger partial charge >= 0.3 is 8.69 Å². The van der Waals surface area contributed by atoms with Gasteiger partial charge in [0.15, 0.2) is 0 Å². The van der Waals surface area contributed by atoms with E-state index < -0.39 is 8.69 Å². The lowest BCUT2D eigenvalue weighted by Gasteiger charge is -1.88. The highest BCUT2D eigenvalue weighted by Gasteiger charge is 1.61. The number of quaternary nitrogens is 1. The topological polar surface area (TPSA) is 41.7 Å². The Kier molecular flexibility index (Phi) is 13.5. The van der Waals surface area contributed by atoms with Crippen LogP contribution in [-0.4, -0.2) is 26.0 Å². The van der Waals surface area contributed by atoms with Crippen LogP contribution in [0.2, 0.25) is 0 Å². The van der Waals surface area contributed by atoms with Crippen molar-refractivity contribution >= 4 is 8.69 Å². The summed E-state index contributed by atoms with van der Waals surface area (Å²) >= 11 is 0. The Balaban J connectivity index is 0. The zero-order valence-corrected chi connectivity index (χ0v) is 5.70. The van der Waals surface area contributed by atoms with Gasteiger partial charge in [0.25, 0.3) is 0 Å². The minimum absolute atomic E-state index is 0.833. The highest BCUT2D eigenvalue weighted by molar-refractivity contribution is 7.16. The van der Waals surface area contributed by atoms with Crippen molar-refractivity contribution < 1.29 is 14.4 Å². The molecular formula is C3H11NO2P+. The molecule has 0 fully saturated rings. The molecule has 4 heteroatoms. The van der Waals surface area contributed by atoms with Crippen LogP contribution < -0.4 is 4.90 Å². The minimum Gasteiger partial charge on any atom is -0.342 e. The van der Waals surface area contributed by atoms with E-state index in [1.165, 1.54) is 4.90 Å². The van der Waals surface area contributed by atoms with Gasteiger partial charge < -0.3 is 9.79 Å². The third kappa shape index (κ3) is 243000. The maximum Gasteiger partial charge on any atom is 0.324 e. The Morgan fingerprint density at radius 1 is 1.43 bits per heavy atom. The third-order valence-electron chi connectivity index (χ3n) is 0. The van der Waals surface area contributed by atoms with E-state index in [0.717, 1.165) is 0 Å². The summed E-state index contributed by atoms with van der Waals surface area (Å²) in [6.07, 6.45) is 0. The van der Waals surface area contributed by atoms with E-state index in [4.69, 9.17) is 9.46 Å². The molecule has 0 aliphatic carbocycles. The summed E-state index contributed by atoms with van der Waals surface area (Å²) in [4.78, 5) is 8.40. The van der Waals surface area contributed by atoms with Gasteiger partial charge in [-0.3, -0.25) is 0 Å². The molecule has 0 atom stereocenters. The zero-order chi connectivity index (χ0) is 6.28. The summed E-state index contributed by atoms with van der Waals surface area (Å²) in [5, 5.41) is 0. The molecule has 0 aromatic carbocycles. The molecule has 0 rings (SSSR count). The van der Waals surface area contributed by atoms with Gasteiger partial charge in [0, 0.05) is 0 Å². The van der Waals surface area contributed by atoms with Crippen molar-refractivity contribution in [2.75, 3.05) is 21.1 Å². The molecule has 7 heavy (non-hydrogen) atoms. The van der Waals surface area contributed by atoms with Crippen LogP contribution >= 0.6 is 8.69 Å². The summed E-state index contributed by atoms with van der Waals surface area (Å²) in [5.74, 6) is 0. The van der Waals surface area contributed by atoms with E-state index in [0.29, 0.717) is 0 Å². The Hall–Kier alpha value is 0.0200. The molecule has 2 N–H and O–H groups in total. The van der Waals surface area contributed by atoms with Crippen LogP contribution in [0.25, 0.3) is 0 Å².